The molecule has 0 unspecified atom stereocenters. The van der Waals surface area contributed by atoms with Crippen molar-refractivity contribution in [3.8, 4) is 11.3 Å². The zero-order valence-electron chi connectivity index (χ0n) is 14.1. The van der Waals surface area contributed by atoms with Crippen LogP contribution >= 0.6 is 12.4 Å². The van der Waals surface area contributed by atoms with E-state index in [-0.39, 0.29) is 18.3 Å². The van der Waals surface area contributed by atoms with Crippen LogP contribution < -0.4 is 5.32 Å². The number of rotatable bonds is 2. The smallest absolute Gasteiger partial charge is 0.255 e. The van der Waals surface area contributed by atoms with Crippen LogP contribution in [0.2, 0.25) is 0 Å². The Labute approximate surface area is 153 Å². The molecule has 25 heavy (non-hydrogen) atoms. The molecule has 0 radical (unpaired) electrons. The van der Waals surface area contributed by atoms with Crippen LogP contribution in [0.1, 0.15) is 16.1 Å². The van der Waals surface area contributed by atoms with Crippen LogP contribution in [-0.4, -0.2) is 46.4 Å². The summed E-state index contributed by atoms with van der Waals surface area (Å²) in [4.78, 5) is 19.3. The number of nitrogens with one attached hydrogen (secondary N) is 1. The van der Waals surface area contributed by atoms with E-state index in [2.05, 4.69) is 22.4 Å². The first-order chi connectivity index (χ1) is 11.7. The maximum atomic E-state index is 12.8. The number of nitrogens with zero attached hydrogens (tertiary/aromatic N) is 3. The third-order valence-corrected chi connectivity index (χ3v) is 4.49. The van der Waals surface area contributed by atoms with Crippen molar-refractivity contribution < 1.29 is 4.79 Å². The summed E-state index contributed by atoms with van der Waals surface area (Å²) in [7, 11) is 0. The van der Waals surface area contributed by atoms with Crippen molar-refractivity contribution >= 4 is 24.0 Å². The zero-order valence-corrected chi connectivity index (χ0v) is 14.9. The monoisotopic (exact) mass is 356 g/mol. The molecule has 5 nitrogen and oxygen atoms in total. The number of imidazole rings is 1. The second kappa shape index (κ2) is 7.25. The number of piperazine rings is 1. The molecular weight excluding hydrogens is 336 g/mol. The average molecular weight is 357 g/mol. The lowest BCUT2D eigenvalue weighted by Gasteiger charge is -2.27. The minimum absolute atomic E-state index is 0. The fraction of sp³-hybridized carbons (Fsp3) is 0.263. The summed E-state index contributed by atoms with van der Waals surface area (Å²) in [6.07, 6.45) is 1.92. The van der Waals surface area contributed by atoms with E-state index < -0.39 is 0 Å². The molecule has 0 aliphatic carbocycles. The number of hydrogen-bond acceptors (Lipinski definition) is 3. The van der Waals surface area contributed by atoms with Gasteiger partial charge in [0, 0.05) is 37.9 Å². The molecule has 1 amide bonds. The van der Waals surface area contributed by atoms with Crippen LogP contribution in [0.25, 0.3) is 16.9 Å². The molecule has 2 aromatic heterocycles. The number of carbonyl (C=O) groups excluding carboxylic acids is 1. The number of benzene rings is 1. The van der Waals surface area contributed by atoms with Gasteiger partial charge in [0.25, 0.3) is 5.91 Å². The highest BCUT2D eigenvalue weighted by molar-refractivity contribution is 5.94. The molecule has 1 saturated heterocycles. The summed E-state index contributed by atoms with van der Waals surface area (Å²) in [5, 5.41) is 3.28. The van der Waals surface area contributed by atoms with Gasteiger partial charge in [0.1, 0.15) is 5.65 Å². The first kappa shape index (κ1) is 17.5. The average Bonchev–Trinajstić information content (AvgIpc) is 2.97. The van der Waals surface area contributed by atoms with Crippen molar-refractivity contribution in [3.63, 3.8) is 0 Å². The molecule has 1 aliphatic rings. The Balaban J connectivity index is 0.00000182. The van der Waals surface area contributed by atoms with Crippen molar-refractivity contribution in [1.29, 1.82) is 0 Å². The quantitative estimate of drug-likeness (QED) is 0.768. The summed E-state index contributed by atoms with van der Waals surface area (Å²) in [5.41, 5.74) is 4.69. The Hall–Kier alpha value is -2.37. The number of halogens is 1. The van der Waals surface area contributed by atoms with Gasteiger partial charge < -0.3 is 10.2 Å². The fourth-order valence-electron chi connectivity index (χ4n) is 3.28. The number of carbonyl (C=O) groups is 1. The highest BCUT2D eigenvalue weighted by atomic mass is 35.5. The van der Waals surface area contributed by atoms with Gasteiger partial charge >= 0.3 is 0 Å². The lowest BCUT2D eigenvalue weighted by molar-refractivity contribution is 0.0735. The molecule has 1 N–H and O–H groups in total. The summed E-state index contributed by atoms with van der Waals surface area (Å²) >= 11 is 0. The number of aryl methyl sites for hydroxylation is 1. The van der Waals surface area contributed by atoms with Crippen LogP contribution in [0.15, 0.2) is 48.7 Å². The summed E-state index contributed by atoms with van der Waals surface area (Å²) in [6.45, 7) is 5.23. The SMILES string of the molecule is Cc1nc2ccc(C(=O)N3CCNCC3)cn2c1-c1ccccc1.Cl. The minimum atomic E-state index is 0. The number of fused-ring (bicyclic) bond motifs is 1. The highest BCUT2D eigenvalue weighted by Gasteiger charge is 2.19. The molecule has 1 fully saturated rings. The molecule has 1 aromatic carbocycles. The molecule has 3 heterocycles. The molecule has 0 saturated carbocycles. The number of aromatic nitrogens is 2. The number of pyridine rings is 1. The van der Waals surface area contributed by atoms with Gasteiger partial charge in [0.05, 0.1) is 17.0 Å². The Morgan fingerprint density at radius 3 is 2.52 bits per heavy atom. The fourth-order valence-corrected chi connectivity index (χ4v) is 3.28. The van der Waals surface area contributed by atoms with Crippen molar-refractivity contribution in [3.05, 3.63) is 59.9 Å². The number of amides is 1. The second-order valence-electron chi connectivity index (χ2n) is 6.10. The normalized spacial score (nSPS) is 14.4. The standard InChI is InChI=1S/C19H20N4O.ClH/c1-14-18(15-5-3-2-4-6-15)23-13-16(7-8-17(23)21-14)19(24)22-11-9-20-10-12-22;/h2-8,13,20H,9-12H2,1H3;1H. The lowest BCUT2D eigenvalue weighted by Crippen LogP contribution is -2.46. The molecule has 0 bridgehead atoms. The van der Waals surface area contributed by atoms with E-state index in [9.17, 15) is 4.79 Å². The van der Waals surface area contributed by atoms with Crippen LogP contribution in [0.5, 0.6) is 0 Å². The Bertz CT molecular complexity index is 885. The van der Waals surface area contributed by atoms with Gasteiger partial charge in [-0.15, -0.1) is 12.4 Å². The molecular formula is C19H21ClN4O. The summed E-state index contributed by atoms with van der Waals surface area (Å²) < 4.78 is 2.03. The van der Waals surface area contributed by atoms with Crippen molar-refractivity contribution in [2.24, 2.45) is 0 Å². The lowest BCUT2D eigenvalue weighted by atomic mass is 10.1. The maximum Gasteiger partial charge on any atom is 0.255 e. The third kappa shape index (κ3) is 3.25. The Kier molecular flexibility index (Phi) is 5.06. The van der Waals surface area contributed by atoms with E-state index >= 15 is 0 Å². The van der Waals surface area contributed by atoms with Gasteiger partial charge in [0.15, 0.2) is 0 Å². The van der Waals surface area contributed by atoms with Gasteiger partial charge in [0.2, 0.25) is 0 Å². The van der Waals surface area contributed by atoms with Crippen molar-refractivity contribution in [2.45, 2.75) is 6.92 Å². The van der Waals surface area contributed by atoms with Crippen LogP contribution in [0.3, 0.4) is 0 Å². The molecule has 4 rings (SSSR count). The van der Waals surface area contributed by atoms with E-state index in [0.29, 0.717) is 5.56 Å². The minimum Gasteiger partial charge on any atom is -0.336 e. The van der Waals surface area contributed by atoms with E-state index in [1.54, 1.807) is 0 Å². The molecule has 1 aliphatic heterocycles. The predicted molar refractivity (Wildman–Crippen MR) is 101 cm³/mol. The van der Waals surface area contributed by atoms with E-state index in [1.807, 2.05) is 52.8 Å². The molecule has 0 atom stereocenters. The van der Waals surface area contributed by atoms with Gasteiger partial charge in [-0.25, -0.2) is 4.98 Å². The molecule has 130 valence electrons. The first-order valence-electron chi connectivity index (χ1n) is 8.28. The number of hydrogen-bond donors (Lipinski definition) is 1. The second-order valence-corrected chi connectivity index (χ2v) is 6.10. The van der Waals surface area contributed by atoms with Gasteiger partial charge in [-0.1, -0.05) is 30.3 Å². The zero-order chi connectivity index (χ0) is 16.5. The van der Waals surface area contributed by atoms with Crippen LogP contribution in [0, 0.1) is 6.92 Å². The van der Waals surface area contributed by atoms with Gasteiger partial charge in [-0.3, -0.25) is 9.20 Å². The summed E-state index contributed by atoms with van der Waals surface area (Å²) in [5.74, 6) is 0.0868. The molecule has 3 aromatic rings. The molecule has 6 heteroatoms. The van der Waals surface area contributed by atoms with E-state index in [0.717, 1.165) is 48.8 Å². The largest absolute Gasteiger partial charge is 0.336 e. The van der Waals surface area contributed by atoms with E-state index in [4.69, 9.17) is 0 Å². The predicted octanol–water partition coefficient (Wildman–Crippen LogP) is 2.78. The van der Waals surface area contributed by atoms with Crippen LogP contribution in [0.4, 0.5) is 0 Å². The van der Waals surface area contributed by atoms with Gasteiger partial charge in [-0.2, -0.15) is 0 Å². The maximum absolute atomic E-state index is 12.8. The topological polar surface area (TPSA) is 49.6 Å². The van der Waals surface area contributed by atoms with E-state index in [1.165, 1.54) is 0 Å². The third-order valence-electron chi connectivity index (χ3n) is 4.49. The Morgan fingerprint density at radius 2 is 1.80 bits per heavy atom. The first-order valence-corrected chi connectivity index (χ1v) is 8.28. The molecule has 0 spiro atoms. The van der Waals surface area contributed by atoms with Gasteiger partial charge in [-0.05, 0) is 19.1 Å². The van der Waals surface area contributed by atoms with Crippen molar-refractivity contribution in [2.75, 3.05) is 26.2 Å². The van der Waals surface area contributed by atoms with Crippen molar-refractivity contribution in [1.82, 2.24) is 19.6 Å². The Morgan fingerprint density at radius 1 is 1.08 bits per heavy atom. The summed E-state index contributed by atoms with van der Waals surface area (Å²) in [6, 6.07) is 14.0. The highest BCUT2D eigenvalue weighted by Crippen LogP contribution is 2.25. The van der Waals surface area contributed by atoms with Crippen LogP contribution in [-0.2, 0) is 0 Å².